The van der Waals surface area contributed by atoms with Crippen molar-refractivity contribution < 1.29 is 4.42 Å². The maximum Gasteiger partial charge on any atom is 0.184 e. The van der Waals surface area contributed by atoms with Gasteiger partial charge >= 0.3 is 0 Å². The van der Waals surface area contributed by atoms with Crippen LogP contribution < -0.4 is 11.2 Å². The first-order chi connectivity index (χ1) is 15.7. The highest BCUT2D eigenvalue weighted by Gasteiger charge is 2.46. The van der Waals surface area contributed by atoms with Crippen molar-refractivity contribution in [1.82, 2.24) is 5.43 Å². The molecule has 4 nitrogen and oxygen atoms in total. The first-order valence-electron chi connectivity index (χ1n) is 11.4. The predicted molar refractivity (Wildman–Crippen MR) is 141 cm³/mol. The molecule has 0 amide bonds. The standard InChI is InChI=1S/C28H29N3OS/c1-16-11-17(2)25(18(3)12-16)28(4)14-20(15-28)26(30-31-27(29)33)24-13-22-21-8-6-5-7-19(21)9-10-23(22)32-24/h5-13,20H,14-15H2,1-4H3,(H3,29,31,33)/b30-26+. The molecule has 5 rings (SSSR count). The van der Waals surface area contributed by atoms with Gasteiger partial charge in [-0.15, -0.1) is 0 Å². The van der Waals surface area contributed by atoms with Gasteiger partial charge in [0.2, 0.25) is 0 Å². The number of hydrogen-bond donors (Lipinski definition) is 2. The number of thiocarbonyl (C=S) groups is 1. The molecule has 0 aliphatic heterocycles. The van der Waals surface area contributed by atoms with Gasteiger partial charge in [-0.1, -0.05) is 55.0 Å². The van der Waals surface area contributed by atoms with E-state index in [1.165, 1.54) is 33.0 Å². The Labute approximate surface area is 199 Å². The summed E-state index contributed by atoms with van der Waals surface area (Å²) in [6, 6.07) is 19.2. The second kappa shape index (κ2) is 7.99. The van der Waals surface area contributed by atoms with E-state index in [0.717, 1.165) is 35.3 Å². The van der Waals surface area contributed by atoms with Crippen molar-refractivity contribution in [3.8, 4) is 0 Å². The zero-order valence-electron chi connectivity index (χ0n) is 19.5. The van der Waals surface area contributed by atoms with Crippen LogP contribution in [0.25, 0.3) is 21.7 Å². The van der Waals surface area contributed by atoms with Crippen LogP contribution in [-0.4, -0.2) is 10.8 Å². The van der Waals surface area contributed by atoms with Crippen molar-refractivity contribution in [2.24, 2.45) is 16.8 Å². The quantitative estimate of drug-likeness (QED) is 0.212. The Morgan fingerprint density at radius 2 is 1.73 bits per heavy atom. The summed E-state index contributed by atoms with van der Waals surface area (Å²) in [5.74, 6) is 1.03. The fraction of sp³-hybridized carbons (Fsp3) is 0.286. The van der Waals surface area contributed by atoms with Gasteiger partial charge in [-0.05, 0) is 90.8 Å². The van der Waals surface area contributed by atoms with E-state index in [1.54, 1.807) is 0 Å². The van der Waals surface area contributed by atoms with Crippen molar-refractivity contribution in [1.29, 1.82) is 0 Å². The molecule has 0 unspecified atom stereocenters. The van der Waals surface area contributed by atoms with Crippen molar-refractivity contribution in [2.45, 2.75) is 46.0 Å². The first-order valence-corrected chi connectivity index (χ1v) is 11.8. The molecule has 0 saturated heterocycles. The largest absolute Gasteiger partial charge is 0.455 e. The van der Waals surface area contributed by atoms with Gasteiger partial charge in [-0.25, -0.2) is 0 Å². The molecule has 4 aromatic rings. The minimum Gasteiger partial charge on any atom is -0.455 e. The summed E-state index contributed by atoms with van der Waals surface area (Å²) >= 11 is 5.03. The monoisotopic (exact) mass is 455 g/mol. The molecular formula is C28H29N3OS. The molecule has 1 aliphatic rings. The van der Waals surface area contributed by atoms with E-state index in [9.17, 15) is 0 Å². The Morgan fingerprint density at radius 3 is 2.42 bits per heavy atom. The molecule has 0 bridgehead atoms. The number of furan rings is 1. The molecule has 1 aromatic heterocycles. The van der Waals surface area contributed by atoms with Crippen LogP contribution in [0.3, 0.4) is 0 Å². The molecule has 3 aromatic carbocycles. The van der Waals surface area contributed by atoms with Crippen LogP contribution in [0.4, 0.5) is 0 Å². The summed E-state index contributed by atoms with van der Waals surface area (Å²) in [6.45, 7) is 8.97. The molecule has 0 atom stereocenters. The Morgan fingerprint density at radius 1 is 1.03 bits per heavy atom. The number of aryl methyl sites for hydroxylation is 3. The van der Waals surface area contributed by atoms with Gasteiger partial charge in [0.05, 0.1) is 0 Å². The summed E-state index contributed by atoms with van der Waals surface area (Å²) in [5, 5.41) is 8.24. The molecule has 5 heteroatoms. The molecule has 0 radical (unpaired) electrons. The predicted octanol–water partition coefficient (Wildman–Crippen LogP) is 6.42. The number of nitrogens with zero attached hydrogens (tertiary/aromatic N) is 1. The third-order valence-corrected chi connectivity index (χ3v) is 7.12. The summed E-state index contributed by atoms with van der Waals surface area (Å²) in [6.07, 6.45) is 1.99. The minimum atomic E-state index is 0.106. The van der Waals surface area contributed by atoms with E-state index in [-0.39, 0.29) is 16.4 Å². The zero-order valence-corrected chi connectivity index (χ0v) is 20.3. The van der Waals surface area contributed by atoms with E-state index in [0.29, 0.717) is 0 Å². The number of hydrazone groups is 1. The van der Waals surface area contributed by atoms with Gasteiger partial charge < -0.3 is 10.2 Å². The summed E-state index contributed by atoms with van der Waals surface area (Å²) < 4.78 is 6.31. The fourth-order valence-corrected chi connectivity index (χ4v) is 5.98. The van der Waals surface area contributed by atoms with E-state index in [4.69, 9.17) is 22.4 Å². The van der Waals surface area contributed by atoms with Crippen LogP contribution in [0, 0.1) is 26.7 Å². The fourth-order valence-electron chi connectivity index (χ4n) is 5.94. The summed E-state index contributed by atoms with van der Waals surface area (Å²) in [7, 11) is 0. The van der Waals surface area contributed by atoms with Gasteiger partial charge in [0.1, 0.15) is 11.3 Å². The van der Waals surface area contributed by atoms with Gasteiger partial charge in [-0.3, -0.25) is 5.43 Å². The van der Waals surface area contributed by atoms with Crippen LogP contribution in [-0.2, 0) is 5.41 Å². The molecule has 0 spiro atoms. The van der Waals surface area contributed by atoms with Crippen molar-refractivity contribution in [2.75, 3.05) is 0 Å². The lowest BCUT2D eigenvalue weighted by Crippen LogP contribution is -2.44. The van der Waals surface area contributed by atoms with Crippen LogP contribution in [0.1, 0.15) is 47.8 Å². The molecule has 3 N–H and O–H groups in total. The SMILES string of the molecule is Cc1cc(C)c(C2(C)CC(/C(=N\NC(N)=S)c3cc4c(ccc5ccccc54)o3)C2)c(C)c1. The number of fused-ring (bicyclic) bond motifs is 3. The van der Waals surface area contributed by atoms with Crippen LogP contribution in [0.5, 0.6) is 0 Å². The number of nitrogens with two attached hydrogens (primary N) is 1. The van der Waals surface area contributed by atoms with Crippen molar-refractivity contribution in [3.05, 3.63) is 82.6 Å². The number of hydrogen-bond acceptors (Lipinski definition) is 3. The Hall–Kier alpha value is -3.18. The smallest absolute Gasteiger partial charge is 0.184 e. The third kappa shape index (κ3) is 3.80. The van der Waals surface area contributed by atoms with Crippen molar-refractivity contribution >= 4 is 44.8 Å². The van der Waals surface area contributed by atoms with Crippen LogP contribution in [0.15, 0.2) is 64.1 Å². The highest BCUT2D eigenvalue weighted by molar-refractivity contribution is 7.80. The second-order valence-corrected chi connectivity index (χ2v) is 10.2. The maximum atomic E-state index is 6.31. The third-order valence-electron chi connectivity index (χ3n) is 7.03. The van der Waals surface area contributed by atoms with Crippen molar-refractivity contribution in [3.63, 3.8) is 0 Å². The molecule has 1 saturated carbocycles. The van der Waals surface area contributed by atoms with Gasteiger partial charge in [0, 0.05) is 11.3 Å². The van der Waals surface area contributed by atoms with E-state index in [1.807, 2.05) is 6.07 Å². The lowest BCUT2D eigenvalue weighted by molar-refractivity contribution is 0.214. The molecular weight excluding hydrogens is 426 g/mol. The molecule has 1 fully saturated rings. The lowest BCUT2D eigenvalue weighted by atomic mass is 9.57. The number of rotatable bonds is 4. The van der Waals surface area contributed by atoms with Crippen LogP contribution >= 0.6 is 12.2 Å². The summed E-state index contributed by atoms with van der Waals surface area (Å²) in [5.41, 5.74) is 15.9. The highest BCUT2D eigenvalue weighted by Crippen LogP contribution is 2.51. The summed E-state index contributed by atoms with van der Waals surface area (Å²) in [4.78, 5) is 0. The van der Waals surface area contributed by atoms with Crippen LogP contribution in [0.2, 0.25) is 0 Å². The van der Waals surface area contributed by atoms with E-state index in [2.05, 4.69) is 86.8 Å². The second-order valence-electron chi connectivity index (χ2n) is 9.72. The van der Waals surface area contributed by atoms with E-state index < -0.39 is 0 Å². The normalized spacial score (nSPS) is 20.7. The average Bonchev–Trinajstić information content (AvgIpc) is 3.16. The highest BCUT2D eigenvalue weighted by atomic mass is 32.1. The molecule has 33 heavy (non-hydrogen) atoms. The zero-order chi connectivity index (χ0) is 23.3. The molecule has 1 aliphatic carbocycles. The minimum absolute atomic E-state index is 0.106. The average molecular weight is 456 g/mol. The molecule has 1 heterocycles. The first kappa shape index (κ1) is 21.7. The number of benzene rings is 3. The van der Waals surface area contributed by atoms with Gasteiger partial charge in [-0.2, -0.15) is 5.10 Å². The van der Waals surface area contributed by atoms with E-state index >= 15 is 0 Å². The Kier molecular flexibility index (Phi) is 5.25. The Balaban J connectivity index is 1.52. The van der Waals surface area contributed by atoms with Gasteiger partial charge in [0.25, 0.3) is 0 Å². The lowest BCUT2D eigenvalue weighted by Gasteiger charge is -2.47. The Bertz CT molecular complexity index is 1400. The molecule has 168 valence electrons. The van der Waals surface area contributed by atoms with Gasteiger partial charge in [0.15, 0.2) is 10.9 Å². The topological polar surface area (TPSA) is 63.5 Å². The number of nitrogens with one attached hydrogen (secondary N) is 1. The maximum absolute atomic E-state index is 6.31.